The van der Waals surface area contributed by atoms with Gasteiger partial charge >= 0.3 is 17.6 Å². The van der Waals surface area contributed by atoms with E-state index >= 15 is 0 Å². The number of carbonyl (C=O) groups is 3. The molecule has 2 aromatic carbocycles. The van der Waals surface area contributed by atoms with Crippen molar-refractivity contribution in [3.05, 3.63) is 58.5 Å². The van der Waals surface area contributed by atoms with Crippen molar-refractivity contribution in [2.75, 3.05) is 5.73 Å². The first kappa shape index (κ1) is 20.5. The lowest BCUT2D eigenvalue weighted by Gasteiger charge is -2.13. The van der Waals surface area contributed by atoms with Gasteiger partial charge in [0, 0.05) is 17.7 Å². The molecule has 0 fully saturated rings. The van der Waals surface area contributed by atoms with Crippen molar-refractivity contribution < 1.29 is 24.6 Å². The van der Waals surface area contributed by atoms with E-state index in [1.807, 2.05) is 0 Å². The van der Waals surface area contributed by atoms with Gasteiger partial charge in [-0.2, -0.15) is 14.8 Å². The molecule has 3 rings (SSSR count). The Kier molecular flexibility index (Phi) is 5.72. The highest BCUT2D eigenvalue weighted by molar-refractivity contribution is 5.96. The monoisotopic (exact) mass is 411 g/mol. The summed E-state index contributed by atoms with van der Waals surface area (Å²) < 4.78 is 1.06. The van der Waals surface area contributed by atoms with Crippen LogP contribution in [0.1, 0.15) is 23.2 Å². The first-order valence-electron chi connectivity index (χ1n) is 8.77. The molecule has 3 aromatic rings. The van der Waals surface area contributed by atoms with Crippen molar-refractivity contribution in [3.63, 3.8) is 0 Å². The van der Waals surface area contributed by atoms with Gasteiger partial charge < -0.3 is 21.3 Å². The lowest BCUT2D eigenvalue weighted by molar-refractivity contribution is -0.140. The molecule has 0 bridgehead atoms. The Bertz CT molecular complexity index is 1190. The third-order valence-electron chi connectivity index (χ3n) is 4.23. The molecule has 11 nitrogen and oxygen atoms in total. The number of amides is 1. The molecule has 0 spiro atoms. The summed E-state index contributed by atoms with van der Waals surface area (Å²) in [5, 5.41) is 24.3. The molecule has 1 atom stereocenters. The van der Waals surface area contributed by atoms with Gasteiger partial charge in [0.2, 0.25) is 0 Å². The van der Waals surface area contributed by atoms with E-state index in [1.165, 1.54) is 30.3 Å². The molecular formula is C19H17N5O6. The number of hydrogen-bond donors (Lipinski definition) is 4. The summed E-state index contributed by atoms with van der Waals surface area (Å²) in [5.41, 5.74) is 6.78. The third-order valence-corrected chi connectivity index (χ3v) is 4.23. The predicted molar refractivity (Wildman–Crippen MR) is 105 cm³/mol. The molecular weight excluding hydrogens is 394 g/mol. The van der Waals surface area contributed by atoms with Crippen LogP contribution in [0.3, 0.4) is 0 Å². The summed E-state index contributed by atoms with van der Waals surface area (Å²) >= 11 is 0. The van der Waals surface area contributed by atoms with Gasteiger partial charge in [0.25, 0.3) is 5.91 Å². The maximum absolute atomic E-state index is 12.3. The quantitative estimate of drug-likeness (QED) is 0.401. The number of carboxylic acid groups (broad SMARTS) is 2. The number of carboxylic acids is 2. The van der Waals surface area contributed by atoms with Crippen LogP contribution in [0.4, 0.5) is 5.69 Å². The number of carbonyl (C=O) groups excluding carboxylic acids is 1. The number of aliphatic carboxylic acids is 2. The Morgan fingerprint density at radius 2 is 1.77 bits per heavy atom. The van der Waals surface area contributed by atoms with E-state index in [0.717, 1.165) is 4.68 Å². The largest absolute Gasteiger partial charge is 0.481 e. The highest BCUT2D eigenvalue weighted by Gasteiger charge is 2.21. The van der Waals surface area contributed by atoms with E-state index in [1.54, 1.807) is 12.1 Å². The maximum atomic E-state index is 12.3. The molecule has 0 radical (unpaired) electrons. The van der Waals surface area contributed by atoms with Gasteiger partial charge in [-0.15, -0.1) is 0 Å². The van der Waals surface area contributed by atoms with E-state index in [-0.39, 0.29) is 12.0 Å². The zero-order valence-electron chi connectivity index (χ0n) is 15.5. The Balaban J connectivity index is 1.81. The van der Waals surface area contributed by atoms with Crippen LogP contribution in [0.25, 0.3) is 16.7 Å². The summed E-state index contributed by atoms with van der Waals surface area (Å²) in [6.07, 6.45) is -0.646. The van der Waals surface area contributed by atoms with Gasteiger partial charge in [-0.25, -0.2) is 9.59 Å². The molecule has 0 saturated carbocycles. The molecule has 1 heterocycles. The minimum atomic E-state index is -1.34. The van der Waals surface area contributed by atoms with Crippen molar-refractivity contribution in [1.29, 1.82) is 0 Å². The third kappa shape index (κ3) is 4.58. The number of fused-ring (bicyclic) bond motifs is 1. The number of rotatable bonds is 7. The number of aromatic nitrogens is 3. The average Bonchev–Trinajstić information content (AvgIpc) is 2.70. The Morgan fingerprint density at radius 1 is 1.07 bits per heavy atom. The van der Waals surface area contributed by atoms with Crippen molar-refractivity contribution in [2.45, 2.75) is 18.9 Å². The molecule has 30 heavy (non-hydrogen) atoms. The van der Waals surface area contributed by atoms with Gasteiger partial charge in [0.05, 0.1) is 11.2 Å². The van der Waals surface area contributed by atoms with E-state index in [9.17, 15) is 19.2 Å². The molecule has 11 heteroatoms. The summed E-state index contributed by atoms with van der Waals surface area (Å²) in [6.45, 7) is 0. The summed E-state index contributed by atoms with van der Waals surface area (Å²) in [7, 11) is 0. The zero-order valence-corrected chi connectivity index (χ0v) is 15.5. The summed E-state index contributed by atoms with van der Waals surface area (Å²) in [4.78, 5) is 50.3. The second kappa shape index (κ2) is 8.39. The zero-order chi connectivity index (χ0) is 21.8. The molecule has 0 aliphatic heterocycles. The Hall–Kier alpha value is -4.28. The lowest BCUT2D eigenvalue weighted by Crippen LogP contribution is -2.41. The fraction of sp³-hybridized carbons (Fsp3) is 0.158. The number of anilines is 1. The fourth-order valence-electron chi connectivity index (χ4n) is 2.70. The number of benzene rings is 2. The predicted octanol–water partition coefficient (Wildman–Crippen LogP) is 0.411. The molecule has 5 N–H and O–H groups in total. The van der Waals surface area contributed by atoms with Gasteiger partial charge in [0.1, 0.15) is 11.6 Å². The van der Waals surface area contributed by atoms with Crippen LogP contribution in [0, 0.1) is 0 Å². The van der Waals surface area contributed by atoms with Gasteiger partial charge in [-0.1, -0.05) is 0 Å². The molecule has 154 valence electrons. The Morgan fingerprint density at radius 3 is 2.40 bits per heavy atom. The van der Waals surface area contributed by atoms with Crippen LogP contribution in [-0.4, -0.2) is 48.9 Å². The van der Waals surface area contributed by atoms with Crippen LogP contribution >= 0.6 is 0 Å². The number of nitrogens with zero attached hydrogens (tertiary/aromatic N) is 3. The van der Waals surface area contributed by atoms with E-state index in [2.05, 4.69) is 15.4 Å². The number of nitrogens with one attached hydrogen (secondary N) is 1. The van der Waals surface area contributed by atoms with Crippen molar-refractivity contribution >= 4 is 34.6 Å². The normalized spacial score (nSPS) is 11.7. The minimum Gasteiger partial charge on any atom is -0.481 e. The number of nitrogens with two attached hydrogens (primary N) is 1. The van der Waals surface area contributed by atoms with Crippen LogP contribution in [0.15, 0.2) is 47.3 Å². The molecule has 0 aliphatic rings. The van der Waals surface area contributed by atoms with Gasteiger partial charge in [-0.3, -0.25) is 9.59 Å². The minimum absolute atomic E-state index is 0.134. The first-order chi connectivity index (χ1) is 14.2. The fourth-order valence-corrected chi connectivity index (χ4v) is 2.70. The van der Waals surface area contributed by atoms with Crippen molar-refractivity contribution in [1.82, 2.24) is 20.1 Å². The SMILES string of the molecule is Nc1ccc2nn(-c3ccc(C(=O)N[C@@H](CCC(=O)O)C(=O)O)cc3)c(=O)nc2c1. The van der Waals surface area contributed by atoms with Crippen LogP contribution in [0.5, 0.6) is 0 Å². The topological polar surface area (TPSA) is 178 Å². The first-order valence-corrected chi connectivity index (χ1v) is 8.77. The van der Waals surface area contributed by atoms with Crippen molar-refractivity contribution in [2.24, 2.45) is 0 Å². The molecule has 0 aliphatic carbocycles. The van der Waals surface area contributed by atoms with Crippen LogP contribution < -0.4 is 16.7 Å². The highest BCUT2D eigenvalue weighted by Crippen LogP contribution is 2.13. The van der Waals surface area contributed by atoms with E-state index in [4.69, 9.17) is 15.9 Å². The Labute approximate surface area is 168 Å². The van der Waals surface area contributed by atoms with Crippen LogP contribution in [0.2, 0.25) is 0 Å². The summed E-state index contributed by atoms with van der Waals surface area (Å²) in [5.74, 6) is -3.18. The highest BCUT2D eigenvalue weighted by atomic mass is 16.4. The van der Waals surface area contributed by atoms with E-state index in [0.29, 0.717) is 22.4 Å². The van der Waals surface area contributed by atoms with E-state index < -0.39 is 36.0 Å². The van der Waals surface area contributed by atoms with Gasteiger partial charge in [-0.05, 0) is 48.9 Å². The molecule has 1 aromatic heterocycles. The second-order valence-electron chi connectivity index (χ2n) is 6.40. The van der Waals surface area contributed by atoms with Crippen molar-refractivity contribution in [3.8, 4) is 5.69 Å². The lowest BCUT2D eigenvalue weighted by atomic mass is 10.1. The number of hydrogen-bond acceptors (Lipinski definition) is 7. The number of nitrogen functional groups attached to an aromatic ring is 1. The molecule has 0 unspecified atom stereocenters. The maximum Gasteiger partial charge on any atom is 0.369 e. The standard InChI is InChI=1S/C19H17N5O6/c20-11-3-6-13-15(9-11)22-19(30)24(23-13)12-4-1-10(2-5-12)17(27)21-14(18(28)29)7-8-16(25)26/h1-6,9,14H,7-8,20H2,(H,21,27)(H,25,26)(H,28,29)/t14-/m0/s1. The molecule has 1 amide bonds. The average molecular weight is 411 g/mol. The molecule has 0 saturated heterocycles. The van der Waals surface area contributed by atoms with Crippen LogP contribution in [-0.2, 0) is 9.59 Å². The second-order valence-corrected chi connectivity index (χ2v) is 6.40. The van der Waals surface area contributed by atoms with Gasteiger partial charge in [0.15, 0.2) is 0 Å². The summed E-state index contributed by atoms with van der Waals surface area (Å²) in [6, 6.07) is 9.15. The smallest absolute Gasteiger partial charge is 0.369 e.